The summed E-state index contributed by atoms with van der Waals surface area (Å²) in [5, 5.41) is 4.66. The van der Waals surface area contributed by atoms with E-state index in [4.69, 9.17) is 9.47 Å². The summed E-state index contributed by atoms with van der Waals surface area (Å²) < 4.78 is 23.6. The molecule has 0 unspecified atom stereocenters. The number of anilines is 1. The van der Waals surface area contributed by atoms with E-state index in [1.54, 1.807) is 13.2 Å². The van der Waals surface area contributed by atoms with E-state index in [-0.39, 0.29) is 18.3 Å². The van der Waals surface area contributed by atoms with Crippen LogP contribution in [0.15, 0.2) is 60.7 Å². The van der Waals surface area contributed by atoms with Crippen LogP contribution in [0.3, 0.4) is 0 Å². The second-order valence-corrected chi connectivity index (χ2v) is 5.22. The number of nitrogens with one attached hydrogen (secondary N) is 1. The van der Waals surface area contributed by atoms with Gasteiger partial charge in [-0.3, -0.25) is 4.79 Å². The van der Waals surface area contributed by atoms with E-state index < -0.39 is 0 Å². The number of benzene rings is 3. The molecule has 0 saturated carbocycles. The van der Waals surface area contributed by atoms with Crippen molar-refractivity contribution in [1.82, 2.24) is 0 Å². The molecule has 0 atom stereocenters. The summed E-state index contributed by atoms with van der Waals surface area (Å²) in [7, 11) is 1.61. The van der Waals surface area contributed by atoms with Gasteiger partial charge < -0.3 is 14.8 Å². The molecule has 0 saturated heterocycles. The summed E-state index contributed by atoms with van der Waals surface area (Å²) in [6.45, 7) is -0.132. The highest BCUT2D eigenvalue weighted by atomic mass is 19.1. The zero-order valence-corrected chi connectivity index (χ0v) is 13.1. The summed E-state index contributed by atoms with van der Waals surface area (Å²) in [5.41, 5.74) is 0.522. The quantitative estimate of drug-likeness (QED) is 0.771. The minimum atomic E-state index is -0.351. The number of ether oxygens (including phenoxy) is 2. The van der Waals surface area contributed by atoms with Crippen LogP contribution in [-0.2, 0) is 4.79 Å². The first-order chi connectivity index (χ1) is 11.6. The Morgan fingerprint density at radius 3 is 2.33 bits per heavy atom. The Morgan fingerprint density at radius 1 is 0.958 bits per heavy atom. The Balaban J connectivity index is 1.64. The number of hydrogen-bond donors (Lipinski definition) is 1. The van der Waals surface area contributed by atoms with Gasteiger partial charge >= 0.3 is 0 Å². The summed E-state index contributed by atoms with van der Waals surface area (Å²) in [4.78, 5) is 11.9. The molecule has 0 heterocycles. The van der Waals surface area contributed by atoms with E-state index in [0.29, 0.717) is 11.4 Å². The largest absolute Gasteiger partial charge is 0.497 e. The van der Waals surface area contributed by atoms with Crippen LogP contribution in [0.4, 0.5) is 10.1 Å². The van der Waals surface area contributed by atoms with Crippen molar-refractivity contribution >= 4 is 22.4 Å². The van der Waals surface area contributed by atoms with Crippen molar-refractivity contribution in [2.75, 3.05) is 19.0 Å². The molecule has 3 rings (SSSR count). The number of amides is 1. The van der Waals surface area contributed by atoms with Crippen LogP contribution in [0.2, 0.25) is 0 Å². The predicted octanol–water partition coefficient (Wildman–Crippen LogP) is 4.01. The van der Waals surface area contributed by atoms with E-state index >= 15 is 0 Å². The van der Waals surface area contributed by atoms with Gasteiger partial charge in [0.1, 0.15) is 17.3 Å². The van der Waals surface area contributed by atoms with Crippen molar-refractivity contribution in [3.63, 3.8) is 0 Å². The molecule has 1 amide bonds. The van der Waals surface area contributed by atoms with E-state index in [1.807, 2.05) is 30.3 Å². The van der Waals surface area contributed by atoms with Crippen molar-refractivity contribution in [2.45, 2.75) is 0 Å². The zero-order valence-electron chi connectivity index (χ0n) is 13.1. The molecule has 122 valence electrons. The molecule has 3 aromatic rings. The smallest absolute Gasteiger partial charge is 0.262 e. The first-order valence-electron chi connectivity index (χ1n) is 7.40. The van der Waals surface area contributed by atoms with Gasteiger partial charge in [0.25, 0.3) is 5.91 Å². The SMILES string of the molecule is COc1ccc2ccc(OCC(=O)Nc3ccc(F)cc3)cc2c1. The molecule has 5 heteroatoms. The molecule has 0 spiro atoms. The monoisotopic (exact) mass is 325 g/mol. The number of rotatable bonds is 5. The van der Waals surface area contributed by atoms with E-state index in [9.17, 15) is 9.18 Å². The van der Waals surface area contributed by atoms with E-state index in [0.717, 1.165) is 16.5 Å². The van der Waals surface area contributed by atoms with Crippen LogP contribution in [0.25, 0.3) is 10.8 Å². The van der Waals surface area contributed by atoms with Crippen LogP contribution < -0.4 is 14.8 Å². The lowest BCUT2D eigenvalue weighted by Crippen LogP contribution is -2.20. The molecule has 0 aliphatic carbocycles. The van der Waals surface area contributed by atoms with Gasteiger partial charge in [0.05, 0.1) is 7.11 Å². The van der Waals surface area contributed by atoms with Crippen LogP contribution in [0, 0.1) is 5.82 Å². The van der Waals surface area contributed by atoms with Gasteiger partial charge in [-0.2, -0.15) is 0 Å². The summed E-state index contributed by atoms with van der Waals surface area (Å²) >= 11 is 0. The fourth-order valence-electron chi connectivity index (χ4n) is 2.30. The highest BCUT2D eigenvalue weighted by Crippen LogP contribution is 2.25. The minimum absolute atomic E-state index is 0.132. The number of methoxy groups -OCH3 is 1. The van der Waals surface area contributed by atoms with Crippen molar-refractivity contribution in [3.05, 3.63) is 66.5 Å². The second kappa shape index (κ2) is 7.00. The molecule has 0 bridgehead atoms. The third kappa shape index (κ3) is 3.81. The molecule has 0 radical (unpaired) electrons. The van der Waals surface area contributed by atoms with Gasteiger partial charge in [-0.05, 0) is 59.3 Å². The van der Waals surface area contributed by atoms with Gasteiger partial charge in [-0.25, -0.2) is 4.39 Å². The van der Waals surface area contributed by atoms with Gasteiger partial charge in [0, 0.05) is 5.69 Å². The van der Waals surface area contributed by atoms with E-state index in [2.05, 4.69) is 5.32 Å². The van der Waals surface area contributed by atoms with Crippen molar-refractivity contribution in [1.29, 1.82) is 0 Å². The van der Waals surface area contributed by atoms with Crippen LogP contribution in [0.1, 0.15) is 0 Å². The predicted molar refractivity (Wildman–Crippen MR) is 91.0 cm³/mol. The molecular weight excluding hydrogens is 309 g/mol. The Bertz CT molecular complexity index is 862. The lowest BCUT2D eigenvalue weighted by atomic mass is 10.1. The second-order valence-electron chi connectivity index (χ2n) is 5.22. The van der Waals surface area contributed by atoms with Crippen molar-refractivity contribution in [3.8, 4) is 11.5 Å². The maximum atomic E-state index is 12.8. The highest BCUT2D eigenvalue weighted by Gasteiger charge is 2.05. The van der Waals surface area contributed by atoms with Gasteiger partial charge in [-0.15, -0.1) is 0 Å². The number of halogens is 1. The molecular formula is C19H16FNO3. The van der Waals surface area contributed by atoms with Crippen LogP contribution in [0.5, 0.6) is 11.5 Å². The topological polar surface area (TPSA) is 47.6 Å². The van der Waals surface area contributed by atoms with E-state index in [1.165, 1.54) is 24.3 Å². The third-order valence-electron chi connectivity index (χ3n) is 3.52. The Labute approximate surface area is 138 Å². The fraction of sp³-hybridized carbons (Fsp3) is 0.105. The molecule has 0 fully saturated rings. The average Bonchev–Trinajstić information content (AvgIpc) is 2.61. The molecule has 0 aliphatic heterocycles. The summed E-state index contributed by atoms with van der Waals surface area (Å²) in [5.74, 6) is 0.682. The molecule has 0 aliphatic rings. The molecule has 4 nitrogen and oxygen atoms in total. The van der Waals surface area contributed by atoms with Gasteiger partial charge in [0.15, 0.2) is 6.61 Å². The Morgan fingerprint density at radius 2 is 1.62 bits per heavy atom. The number of carbonyl (C=O) groups is 1. The van der Waals surface area contributed by atoms with Crippen LogP contribution in [-0.4, -0.2) is 19.6 Å². The van der Waals surface area contributed by atoms with Gasteiger partial charge in [0.2, 0.25) is 0 Å². The number of fused-ring (bicyclic) bond motifs is 1. The van der Waals surface area contributed by atoms with Gasteiger partial charge in [-0.1, -0.05) is 12.1 Å². The summed E-state index contributed by atoms with van der Waals surface area (Å²) in [6.07, 6.45) is 0. The number of hydrogen-bond acceptors (Lipinski definition) is 3. The lowest BCUT2D eigenvalue weighted by molar-refractivity contribution is -0.118. The number of carbonyl (C=O) groups excluding carboxylic acids is 1. The minimum Gasteiger partial charge on any atom is -0.497 e. The Hall–Kier alpha value is -3.08. The molecule has 3 aromatic carbocycles. The lowest BCUT2D eigenvalue weighted by Gasteiger charge is -2.09. The van der Waals surface area contributed by atoms with Crippen molar-refractivity contribution < 1.29 is 18.7 Å². The maximum absolute atomic E-state index is 12.8. The summed E-state index contributed by atoms with van der Waals surface area (Å²) in [6, 6.07) is 16.9. The molecule has 24 heavy (non-hydrogen) atoms. The maximum Gasteiger partial charge on any atom is 0.262 e. The third-order valence-corrected chi connectivity index (χ3v) is 3.52. The fourth-order valence-corrected chi connectivity index (χ4v) is 2.30. The highest BCUT2D eigenvalue weighted by molar-refractivity contribution is 5.92. The first-order valence-corrected chi connectivity index (χ1v) is 7.40. The normalized spacial score (nSPS) is 10.4. The molecule has 0 aromatic heterocycles. The van der Waals surface area contributed by atoms with Crippen LogP contribution >= 0.6 is 0 Å². The average molecular weight is 325 g/mol. The first kappa shape index (κ1) is 15.8. The zero-order chi connectivity index (χ0) is 16.9. The molecule has 1 N–H and O–H groups in total. The standard InChI is InChI=1S/C19H16FNO3/c1-23-17-8-2-13-3-9-18(11-14(13)10-17)24-12-19(22)21-16-6-4-15(20)5-7-16/h2-11H,12H2,1H3,(H,21,22). The van der Waals surface area contributed by atoms with Crippen molar-refractivity contribution in [2.24, 2.45) is 0 Å². The Kier molecular flexibility index (Phi) is 4.61.